The summed E-state index contributed by atoms with van der Waals surface area (Å²) in [5.74, 6) is 6.45. The van der Waals surface area contributed by atoms with Gasteiger partial charge in [0.25, 0.3) is 0 Å². The highest BCUT2D eigenvalue weighted by Crippen LogP contribution is 2.45. The van der Waals surface area contributed by atoms with Crippen molar-refractivity contribution in [1.29, 1.82) is 0 Å². The highest BCUT2D eigenvalue weighted by Gasteiger charge is 2.34. The summed E-state index contributed by atoms with van der Waals surface area (Å²) in [6.45, 7) is 7.30. The zero-order valence-corrected chi connectivity index (χ0v) is 20.5. The Morgan fingerprint density at radius 3 is 1.65 bits per heavy atom. The Morgan fingerprint density at radius 2 is 1.16 bits per heavy atom. The van der Waals surface area contributed by atoms with Gasteiger partial charge in [0.1, 0.15) is 0 Å². The molecule has 0 aromatic rings. The Labute approximate surface area is 193 Å². The lowest BCUT2D eigenvalue weighted by atomic mass is 9.65. The zero-order chi connectivity index (χ0) is 21.5. The fourth-order valence-corrected chi connectivity index (χ4v) is 7.61. The molecule has 2 atom stereocenters. The van der Waals surface area contributed by atoms with E-state index in [9.17, 15) is 0 Å². The fourth-order valence-electron chi connectivity index (χ4n) is 7.61. The summed E-state index contributed by atoms with van der Waals surface area (Å²) in [6, 6.07) is 0. The van der Waals surface area contributed by atoms with Crippen molar-refractivity contribution in [3.63, 3.8) is 0 Å². The van der Waals surface area contributed by atoms with Crippen LogP contribution in [0.3, 0.4) is 0 Å². The van der Waals surface area contributed by atoms with Crippen LogP contribution in [0.15, 0.2) is 24.8 Å². The molecular formula is C30H50O. The molecule has 176 valence electrons. The molecule has 4 aliphatic carbocycles. The Hall–Kier alpha value is -0.560. The van der Waals surface area contributed by atoms with Crippen LogP contribution in [0, 0.1) is 41.4 Å². The Balaban J connectivity index is 1.10. The molecule has 1 heteroatoms. The Morgan fingerprint density at radius 1 is 0.677 bits per heavy atom. The monoisotopic (exact) mass is 426 g/mol. The SMILES string of the molecule is C=CC1CCC(C2CCC(C3CCC(OCC4C=CC(CCC)CC4)CC3)CC2)CC1. The topological polar surface area (TPSA) is 9.23 Å². The lowest BCUT2D eigenvalue weighted by Gasteiger charge is -2.41. The number of hydrogen-bond acceptors (Lipinski definition) is 1. The molecule has 1 nitrogen and oxygen atoms in total. The minimum absolute atomic E-state index is 0.550. The fraction of sp³-hybridized carbons (Fsp3) is 0.867. The molecule has 2 unspecified atom stereocenters. The predicted molar refractivity (Wildman–Crippen MR) is 133 cm³/mol. The van der Waals surface area contributed by atoms with Gasteiger partial charge in [0.2, 0.25) is 0 Å². The van der Waals surface area contributed by atoms with Gasteiger partial charge in [-0.3, -0.25) is 0 Å². The molecular weight excluding hydrogens is 376 g/mol. The first-order valence-corrected chi connectivity index (χ1v) is 14.2. The van der Waals surface area contributed by atoms with Crippen LogP contribution < -0.4 is 0 Å². The molecule has 0 N–H and O–H groups in total. The van der Waals surface area contributed by atoms with Gasteiger partial charge in [-0.25, -0.2) is 0 Å². The molecule has 3 saturated carbocycles. The van der Waals surface area contributed by atoms with Crippen LogP contribution in [-0.4, -0.2) is 12.7 Å². The summed E-state index contributed by atoms with van der Waals surface area (Å²) < 4.78 is 6.41. The lowest BCUT2D eigenvalue weighted by molar-refractivity contribution is -0.00667. The van der Waals surface area contributed by atoms with E-state index in [1.54, 1.807) is 0 Å². The maximum Gasteiger partial charge on any atom is 0.0575 e. The third-order valence-corrected chi connectivity index (χ3v) is 9.79. The molecule has 0 aliphatic heterocycles. The second-order valence-corrected chi connectivity index (χ2v) is 11.7. The number of hydrogen-bond donors (Lipinski definition) is 0. The molecule has 31 heavy (non-hydrogen) atoms. The van der Waals surface area contributed by atoms with Crippen molar-refractivity contribution < 1.29 is 4.74 Å². The van der Waals surface area contributed by atoms with E-state index in [2.05, 4.69) is 31.7 Å². The highest BCUT2D eigenvalue weighted by atomic mass is 16.5. The Bertz CT molecular complexity index is 541. The molecule has 0 aromatic heterocycles. The average Bonchev–Trinajstić information content (AvgIpc) is 2.84. The molecule has 3 fully saturated rings. The van der Waals surface area contributed by atoms with Crippen LogP contribution in [0.2, 0.25) is 0 Å². The number of rotatable bonds is 8. The normalized spacial score (nSPS) is 41.7. The standard InChI is InChI=1S/C30H50O/c1-3-5-24-6-8-25(9-7-24)22-31-30-20-18-29(19-21-30)28-16-14-27(15-17-28)26-12-10-23(4-2)11-13-26/h4,6,8,23-30H,2-3,5,7,9-22H2,1H3. The van der Waals surface area contributed by atoms with Gasteiger partial charge in [0.15, 0.2) is 0 Å². The first kappa shape index (κ1) is 23.6. The summed E-state index contributed by atoms with van der Waals surface area (Å²) >= 11 is 0. The van der Waals surface area contributed by atoms with E-state index in [-0.39, 0.29) is 0 Å². The smallest absolute Gasteiger partial charge is 0.0575 e. The van der Waals surface area contributed by atoms with Crippen molar-refractivity contribution in [2.24, 2.45) is 41.4 Å². The first-order chi connectivity index (χ1) is 15.2. The maximum absolute atomic E-state index is 6.41. The molecule has 0 amide bonds. The number of ether oxygens (including phenoxy) is 1. The van der Waals surface area contributed by atoms with Crippen LogP contribution in [0.5, 0.6) is 0 Å². The molecule has 0 radical (unpaired) electrons. The van der Waals surface area contributed by atoms with Gasteiger partial charge < -0.3 is 4.74 Å². The molecule has 4 aliphatic rings. The van der Waals surface area contributed by atoms with Crippen LogP contribution in [0.4, 0.5) is 0 Å². The van der Waals surface area contributed by atoms with Crippen molar-refractivity contribution in [2.45, 2.75) is 116 Å². The van der Waals surface area contributed by atoms with Gasteiger partial charge in [-0.2, -0.15) is 0 Å². The van der Waals surface area contributed by atoms with Crippen LogP contribution in [-0.2, 0) is 4.74 Å². The summed E-state index contributed by atoms with van der Waals surface area (Å²) in [5.41, 5.74) is 0. The van der Waals surface area contributed by atoms with Crippen LogP contribution >= 0.6 is 0 Å². The van der Waals surface area contributed by atoms with Crippen molar-refractivity contribution in [3.8, 4) is 0 Å². The molecule has 0 aromatic carbocycles. The van der Waals surface area contributed by atoms with E-state index in [0.29, 0.717) is 12.0 Å². The number of allylic oxidation sites excluding steroid dienone is 2. The predicted octanol–water partition coefficient (Wildman–Crippen LogP) is 8.74. The van der Waals surface area contributed by atoms with Gasteiger partial charge >= 0.3 is 0 Å². The second kappa shape index (κ2) is 12.1. The second-order valence-electron chi connectivity index (χ2n) is 11.7. The first-order valence-electron chi connectivity index (χ1n) is 14.2. The van der Waals surface area contributed by atoms with Crippen molar-refractivity contribution in [2.75, 3.05) is 6.61 Å². The van der Waals surface area contributed by atoms with Crippen molar-refractivity contribution >= 4 is 0 Å². The van der Waals surface area contributed by atoms with Gasteiger partial charge in [-0.1, -0.05) is 31.6 Å². The molecule has 0 saturated heterocycles. The highest BCUT2D eigenvalue weighted by molar-refractivity contribution is 4.98. The molecule has 0 heterocycles. The van der Waals surface area contributed by atoms with Crippen LogP contribution in [0.25, 0.3) is 0 Å². The maximum atomic E-state index is 6.41. The van der Waals surface area contributed by atoms with Crippen molar-refractivity contribution in [3.05, 3.63) is 24.8 Å². The third kappa shape index (κ3) is 6.72. The van der Waals surface area contributed by atoms with E-state index < -0.39 is 0 Å². The minimum Gasteiger partial charge on any atom is -0.378 e. The summed E-state index contributed by atoms with van der Waals surface area (Å²) in [4.78, 5) is 0. The largest absolute Gasteiger partial charge is 0.378 e. The van der Waals surface area contributed by atoms with E-state index in [4.69, 9.17) is 4.74 Å². The average molecular weight is 427 g/mol. The molecule has 0 spiro atoms. The van der Waals surface area contributed by atoms with E-state index in [1.807, 2.05) is 0 Å². The summed E-state index contributed by atoms with van der Waals surface area (Å²) in [7, 11) is 0. The summed E-state index contributed by atoms with van der Waals surface area (Å²) in [6.07, 6.45) is 30.5. The van der Waals surface area contributed by atoms with Crippen LogP contribution in [0.1, 0.15) is 110 Å². The van der Waals surface area contributed by atoms with Gasteiger partial charge in [0, 0.05) is 5.92 Å². The van der Waals surface area contributed by atoms with Gasteiger partial charge in [-0.05, 0) is 132 Å². The quantitative estimate of drug-likeness (QED) is 0.352. The van der Waals surface area contributed by atoms with E-state index in [0.717, 1.165) is 42.1 Å². The van der Waals surface area contributed by atoms with E-state index in [1.165, 1.54) is 103 Å². The minimum atomic E-state index is 0.550. The van der Waals surface area contributed by atoms with Gasteiger partial charge in [-0.15, -0.1) is 6.58 Å². The van der Waals surface area contributed by atoms with Crippen molar-refractivity contribution in [1.82, 2.24) is 0 Å². The lowest BCUT2D eigenvalue weighted by Crippen LogP contribution is -2.31. The zero-order valence-electron chi connectivity index (χ0n) is 20.5. The van der Waals surface area contributed by atoms with E-state index >= 15 is 0 Å². The molecule has 0 bridgehead atoms. The third-order valence-electron chi connectivity index (χ3n) is 9.79. The summed E-state index contributed by atoms with van der Waals surface area (Å²) in [5, 5.41) is 0. The molecule has 4 rings (SSSR count). The van der Waals surface area contributed by atoms with Gasteiger partial charge in [0.05, 0.1) is 12.7 Å². The Kier molecular flexibility index (Phi) is 9.18.